The number of nitrogens with two attached hydrogens (primary N) is 2. The largest absolute Gasteiger partial charge is 0.369 e. The van der Waals surface area contributed by atoms with E-state index < -0.39 is 20.9 Å². The Morgan fingerprint density at radius 1 is 1.41 bits per heavy atom. The van der Waals surface area contributed by atoms with Crippen LogP contribution in [0.15, 0.2) is 34.3 Å². The average Bonchev–Trinajstić information content (AvgIpc) is 2.27. The van der Waals surface area contributed by atoms with Crippen LogP contribution >= 0.6 is 0 Å². The molecule has 5 N–H and O–H groups in total. The van der Waals surface area contributed by atoms with Crippen molar-refractivity contribution in [3.63, 3.8) is 0 Å². The van der Waals surface area contributed by atoms with Gasteiger partial charge in [0, 0.05) is 12.1 Å². The van der Waals surface area contributed by atoms with Gasteiger partial charge < -0.3 is 11.5 Å². The number of nitro benzene ring substituents is 1. The van der Waals surface area contributed by atoms with Gasteiger partial charge in [-0.3, -0.25) is 10.1 Å². The number of sulfonamides is 1. The summed E-state index contributed by atoms with van der Waals surface area (Å²) >= 11 is 0. The van der Waals surface area contributed by atoms with E-state index in [9.17, 15) is 18.5 Å². The summed E-state index contributed by atoms with van der Waals surface area (Å²) in [6.07, 6.45) is 0. The molecule has 0 saturated heterocycles. The van der Waals surface area contributed by atoms with E-state index >= 15 is 0 Å². The van der Waals surface area contributed by atoms with Crippen molar-refractivity contribution in [2.24, 2.45) is 16.6 Å². The molecule has 92 valence electrons. The van der Waals surface area contributed by atoms with E-state index in [4.69, 9.17) is 11.5 Å². The predicted molar refractivity (Wildman–Crippen MR) is 59.2 cm³/mol. The minimum atomic E-state index is -4.01. The van der Waals surface area contributed by atoms with Gasteiger partial charge in [-0.15, -0.1) is 5.10 Å². The lowest BCUT2D eigenvalue weighted by molar-refractivity contribution is -0.385. The van der Waals surface area contributed by atoms with Crippen molar-refractivity contribution >= 4 is 21.7 Å². The zero-order chi connectivity index (χ0) is 13.1. The van der Waals surface area contributed by atoms with E-state index in [0.29, 0.717) is 0 Å². The van der Waals surface area contributed by atoms with Crippen LogP contribution in [-0.2, 0) is 10.0 Å². The van der Waals surface area contributed by atoms with Gasteiger partial charge in [0.05, 0.1) is 9.82 Å². The Kier molecular flexibility index (Phi) is 3.48. The van der Waals surface area contributed by atoms with Crippen LogP contribution in [0.3, 0.4) is 0 Å². The van der Waals surface area contributed by atoms with E-state index in [1.807, 2.05) is 0 Å². The third-order valence-electron chi connectivity index (χ3n) is 1.63. The van der Waals surface area contributed by atoms with Crippen LogP contribution < -0.4 is 16.3 Å². The van der Waals surface area contributed by atoms with E-state index in [1.165, 1.54) is 18.2 Å². The van der Waals surface area contributed by atoms with Gasteiger partial charge in [0.15, 0.2) is 0 Å². The summed E-state index contributed by atoms with van der Waals surface area (Å²) in [5.41, 5.74) is 9.55. The van der Waals surface area contributed by atoms with E-state index in [1.54, 1.807) is 4.83 Å². The molecule has 17 heavy (non-hydrogen) atoms. The molecule has 0 unspecified atom stereocenters. The number of hydrogen-bond donors (Lipinski definition) is 3. The molecule has 0 aliphatic rings. The molecule has 1 rings (SSSR count). The van der Waals surface area contributed by atoms with Crippen molar-refractivity contribution in [2.75, 3.05) is 0 Å². The van der Waals surface area contributed by atoms with Gasteiger partial charge in [-0.1, -0.05) is 6.07 Å². The number of nitro groups is 1. The second kappa shape index (κ2) is 4.65. The fourth-order valence-corrected chi connectivity index (χ4v) is 1.79. The number of benzene rings is 1. The van der Waals surface area contributed by atoms with Crippen LogP contribution in [0, 0.1) is 10.1 Å². The first-order chi connectivity index (χ1) is 7.83. The highest BCUT2D eigenvalue weighted by Crippen LogP contribution is 2.16. The first-order valence-electron chi connectivity index (χ1n) is 4.18. The molecular formula is C7H9N5O4S. The molecule has 0 saturated carbocycles. The van der Waals surface area contributed by atoms with E-state index in [2.05, 4.69) is 5.10 Å². The van der Waals surface area contributed by atoms with Gasteiger partial charge >= 0.3 is 0 Å². The molecule has 0 bridgehead atoms. The molecule has 0 atom stereocenters. The molecule has 0 aromatic heterocycles. The van der Waals surface area contributed by atoms with Crippen molar-refractivity contribution in [1.29, 1.82) is 0 Å². The van der Waals surface area contributed by atoms with Gasteiger partial charge in [-0.25, -0.2) is 0 Å². The summed E-state index contributed by atoms with van der Waals surface area (Å²) in [5, 5.41) is 13.6. The molecule has 1 aromatic carbocycles. The normalized spacial score (nSPS) is 10.6. The van der Waals surface area contributed by atoms with Crippen LogP contribution in [0.2, 0.25) is 0 Å². The molecule has 9 nitrogen and oxygen atoms in total. The predicted octanol–water partition coefficient (Wildman–Crippen LogP) is -0.938. The Balaban J connectivity index is 3.11. The summed E-state index contributed by atoms with van der Waals surface area (Å²) in [6.45, 7) is 0. The Bertz CT molecular complexity index is 563. The van der Waals surface area contributed by atoms with Crippen LogP contribution in [0.25, 0.3) is 0 Å². The van der Waals surface area contributed by atoms with Gasteiger partial charge in [0.25, 0.3) is 15.7 Å². The first kappa shape index (κ1) is 12.7. The minimum Gasteiger partial charge on any atom is -0.369 e. The molecule has 0 aliphatic carbocycles. The lowest BCUT2D eigenvalue weighted by Gasteiger charge is -2.02. The number of hydrazone groups is 1. The SMILES string of the molecule is NC(N)=NNS(=O)(=O)c1cccc([N+](=O)[O-])c1. The lowest BCUT2D eigenvalue weighted by Crippen LogP contribution is -2.29. The number of non-ortho nitro benzene ring substituents is 1. The van der Waals surface area contributed by atoms with Gasteiger partial charge in [0.1, 0.15) is 0 Å². The molecule has 0 heterocycles. The number of rotatable bonds is 4. The molecule has 0 radical (unpaired) electrons. The van der Waals surface area contributed by atoms with Crippen molar-refractivity contribution in [3.05, 3.63) is 34.4 Å². The smallest absolute Gasteiger partial charge is 0.276 e. The van der Waals surface area contributed by atoms with Crippen LogP contribution in [0.5, 0.6) is 0 Å². The summed E-state index contributed by atoms with van der Waals surface area (Å²) in [4.78, 5) is 11.2. The van der Waals surface area contributed by atoms with E-state index in [-0.39, 0.29) is 10.6 Å². The number of hydrogen-bond acceptors (Lipinski definition) is 5. The van der Waals surface area contributed by atoms with E-state index in [0.717, 1.165) is 6.07 Å². The molecule has 0 amide bonds. The molecular weight excluding hydrogens is 250 g/mol. The minimum absolute atomic E-state index is 0.309. The molecule has 0 aliphatic heterocycles. The quantitative estimate of drug-likeness (QED) is 0.274. The Labute approximate surface area is 96.3 Å². The first-order valence-corrected chi connectivity index (χ1v) is 5.66. The van der Waals surface area contributed by atoms with Crippen molar-refractivity contribution in [3.8, 4) is 0 Å². The number of nitrogens with zero attached hydrogens (tertiary/aromatic N) is 2. The average molecular weight is 259 g/mol. The maximum Gasteiger partial charge on any atom is 0.276 e. The third-order valence-corrected chi connectivity index (χ3v) is 2.84. The molecule has 0 fully saturated rings. The monoisotopic (exact) mass is 259 g/mol. The van der Waals surface area contributed by atoms with Crippen molar-refractivity contribution in [1.82, 2.24) is 4.83 Å². The summed E-state index contributed by atoms with van der Waals surface area (Å²) in [5.74, 6) is -0.473. The fraction of sp³-hybridized carbons (Fsp3) is 0. The van der Waals surface area contributed by atoms with Crippen LogP contribution in [0.1, 0.15) is 0 Å². The van der Waals surface area contributed by atoms with Crippen LogP contribution in [-0.4, -0.2) is 19.3 Å². The highest BCUT2D eigenvalue weighted by Gasteiger charge is 2.16. The van der Waals surface area contributed by atoms with Crippen molar-refractivity contribution < 1.29 is 13.3 Å². The number of nitrogens with one attached hydrogen (secondary N) is 1. The number of guanidine groups is 1. The topological polar surface area (TPSA) is 154 Å². The molecule has 10 heteroatoms. The second-order valence-electron chi connectivity index (χ2n) is 2.89. The Hall–Kier alpha value is -2.36. The fourth-order valence-electron chi connectivity index (χ4n) is 0.930. The molecule has 0 spiro atoms. The van der Waals surface area contributed by atoms with Crippen molar-refractivity contribution in [2.45, 2.75) is 4.90 Å². The highest BCUT2D eigenvalue weighted by atomic mass is 32.2. The second-order valence-corrected chi connectivity index (χ2v) is 4.55. The Morgan fingerprint density at radius 2 is 2.06 bits per heavy atom. The highest BCUT2D eigenvalue weighted by molar-refractivity contribution is 7.89. The maximum absolute atomic E-state index is 11.6. The Morgan fingerprint density at radius 3 is 2.59 bits per heavy atom. The third kappa shape index (κ3) is 3.31. The summed E-state index contributed by atoms with van der Waals surface area (Å²) in [7, 11) is -4.01. The van der Waals surface area contributed by atoms with Crippen LogP contribution in [0.4, 0.5) is 5.69 Å². The van der Waals surface area contributed by atoms with Gasteiger partial charge in [-0.05, 0) is 6.07 Å². The standard InChI is InChI=1S/C7H9N5O4S/c8-7(9)10-11-17(15,16)6-3-1-2-5(4-6)12(13)14/h1-4,11H,(H4,8,9,10). The lowest BCUT2D eigenvalue weighted by atomic mass is 10.3. The van der Waals surface area contributed by atoms with Gasteiger partial charge in [-0.2, -0.15) is 13.2 Å². The molecule has 1 aromatic rings. The van der Waals surface area contributed by atoms with Gasteiger partial charge in [0.2, 0.25) is 5.96 Å². The zero-order valence-electron chi connectivity index (χ0n) is 8.40. The maximum atomic E-state index is 11.6. The summed E-state index contributed by atoms with van der Waals surface area (Å²) < 4.78 is 23.1. The summed E-state index contributed by atoms with van der Waals surface area (Å²) in [6, 6.07) is 4.48. The zero-order valence-corrected chi connectivity index (χ0v) is 9.22.